The third-order valence-electron chi connectivity index (χ3n) is 6.06. The normalized spacial score (nSPS) is 23.0. The van der Waals surface area contributed by atoms with Gasteiger partial charge in [0.1, 0.15) is 0 Å². The van der Waals surface area contributed by atoms with E-state index in [1.807, 2.05) is 0 Å². The Morgan fingerprint density at radius 1 is 1.13 bits per heavy atom. The molecule has 130 valence electrons. The van der Waals surface area contributed by atoms with Gasteiger partial charge in [0.2, 0.25) is 0 Å². The molecular weight excluding hydrogens is 298 g/mol. The first-order valence-corrected chi connectivity index (χ1v) is 12.2. The monoisotopic (exact) mass is 333 g/mol. The van der Waals surface area contributed by atoms with E-state index in [1.165, 1.54) is 37.8 Å². The smallest absolute Gasteiger partial charge is 0.192 e. The molecule has 0 N–H and O–H groups in total. The molecule has 3 heteroatoms. The summed E-state index contributed by atoms with van der Waals surface area (Å²) in [4.78, 5) is 4.93. The molecule has 0 aromatic carbocycles. The second-order valence-electron chi connectivity index (χ2n) is 8.73. The molecule has 1 aliphatic rings. The summed E-state index contributed by atoms with van der Waals surface area (Å²) < 4.78 is 6.33. The second-order valence-corrected chi connectivity index (χ2v) is 13.5. The van der Waals surface area contributed by atoms with Crippen molar-refractivity contribution in [2.75, 3.05) is 0 Å². The molecule has 2 nitrogen and oxygen atoms in total. The molecule has 0 bridgehead atoms. The lowest BCUT2D eigenvalue weighted by Crippen LogP contribution is -2.40. The SMILES string of the molecule is CCC1CCC(c2cccc(CO[Si](C)(C)C(C)(C)C)n2)CC1. The van der Waals surface area contributed by atoms with Crippen molar-refractivity contribution in [3.63, 3.8) is 0 Å². The molecule has 1 aromatic rings. The van der Waals surface area contributed by atoms with Crippen LogP contribution < -0.4 is 0 Å². The van der Waals surface area contributed by atoms with Crippen LogP contribution in [0.15, 0.2) is 18.2 Å². The predicted molar refractivity (Wildman–Crippen MR) is 101 cm³/mol. The Bertz CT molecular complexity index is 499. The molecular formula is C20H35NOSi. The summed E-state index contributed by atoms with van der Waals surface area (Å²) in [6, 6.07) is 6.50. The number of rotatable bonds is 5. The second kappa shape index (κ2) is 7.48. The van der Waals surface area contributed by atoms with Crippen LogP contribution in [0.1, 0.15) is 77.1 Å². The molecule has 1 aliphatic carbocycles. The maximum atomic E-state index is 6.33. The van der Waals surface area contributed by atoms with Gasteiger partial charge in [0.25, 0.3) is 0 Å². The Balaban J connectivity index is 1.98. The summed E-state index contributed by atoms with van der Waals surface area (Å²) in [6.07, 6.45) is 6.68. The number of hydrogen-bond donors (Lipinski definition) is 0. The summed E-state index contributed by atoms with van der Waals surface area (Å²) in [5, 5.41) is 0.253. The van der Waals surface area contributed by atoms with E-state index in [-0.39, 0.29) is 5.04 Å². The van der Waals surface area contributed by atoms with Crippen molar-refractivity contribution in [2.24, 2.45) is 5.92 Å². The summed E-state index contributed by atoms with van der Waals surface area (Å²) in [7, 11) is -1.70. The van der Waals surface area contributed by atoms with Crippen molar-refractivity contribution in [1.82, 2.24) is 4.98 Å². The zero-order valence-corrected chi connectivity index (χ0v) is 17.0. The number of aromatic nitrogens is 1. The van der Waals surface area contributed by atoms with Crippen LogP contribution in [0.2, 0.25) is 18.1 Å². The van der Waals surface area contributed by atoms with E-state index in [0.717, 1.165) is 11.6 Å². The van der Waals surface area contributed by atoms with E-state index >= 15 is 0 Å². The minimum atomic E-state index is -1.70. The molecule has 1 heterocycles. The molecule has 0 unspecified atom stereocenters. The van der Waals surface area contributed by atoms with Crippen molar-refractivity contribution in [2.45, 2.75) is 90.5 Å². The summed E-state index contributed by atoms with van der Waals surface area (Å²) >= 11 is 0. The van der Waals surface area contributed by atoms with E-state index in [4.69, 9.17) is 9.41 Å². The van der Waals surface area contributed by atoms with E-state index in [0.29, 0.717) is 12.5 Å². The molecule has 0 amide bonds. The molecule has 1 aromatic heterocycles. The maximum absolute atomic E-state index is 6.33. The molecule has 1 fully saturated rings. The van der Waals surface area contributed by atoms with Gasteiger partial charge in [-0.15, -0.1) is 0 Å². The third kappa shape index (κ3) is 4.90. The highest BCUT2D eigenvalue weighted by atomic mass is 28.4. The van der Waals surface area contributed by atoms with Crippen molar-refractivity contribution < 1.29 is 4.43 Å². The van der Waals surface area contributed by atoms with Crippen molar-refractivity contribution >= 4 is 8.32 Å². The van der Waals surface area contributed by atoms with E-state index < -0.39 is 8.32 Å². The van der Waals surface area contributed by atoms with Gasteiger partial charge in [-0.1, -0.05) is 40.2 Å². The Morgan fingerprint density at radius 2 is 1.78 bits per heavy atom. The van der Waals surface area contributed by atoms with Gasteiger partial charge in [0.15, 0.2) is 8.32 Å². The average Bonchev–Trinajstić information content (AvgIpc) is 2.52. The largest absolute Gasteiger partial charge is 0.411 e. The highest BCUT2D eigenvalue weighted by molar-refractivity contribution is 6.74. The first kappa shape index (κ1) is 18.7. The number of pyridine rings is 1. The average molecular weight is 334 g/mol. The first-order valence-electron chi connectivity index (χ1n) is 9.32. The van der Waals surface area contributed by atoms with Crippen molar-refractivity contribution in [3.05, 3.63) is 29.6 Å². The Labute approximate surface area is 144 Å². The van der Waals surface area contributed by atoms with Crippen molar-refractivity contribution in [3.8, 4) is 0 Å². The Kier molecular flexibility index (Phi) is 6.07. The van der Waals surface area contributed by atoms with Gasteiger partial charge in [-0.2, -0.15) is 0 Å². The molecule has 0 radical (unpaired) electrons. The lowest BCUT2D eigenvalue weighted by molar-refractivity contribution is 0.270. The van der Waals surface area contributed by atoms with Crippen LogP contribution in [-0.4, -0.2) is 13.3 Å². The molecule has 0 aliphatic heterocycles. The summed E-state index contributed by atoms with van der Waals surface area (Å²) in [6.45, 7) is 14.5. The van der Waals surface area contributed by atoms with E-state index in [2.05, 4.69) is 59.0 Å². The molecule has 2 rings (SSSR count). The van der Waals surface area contributed by atoms with E-state index in [1.54, 1.807) is 0 Å². The summed E-state index contributed by atoms with van der Waals surface area (Å²) in [5.74, 6) is 1.60. The fourth-order valence-corrected chi connectivity index (χ4v) is 4.08. The van der Waals surface area contributed by atoms with Crippen LogP contribution in [0.3, 0.4) is 0 Å². The molecule has 0 atom stereocenters. The molecule has 0 saturated heterocycles. The quantitative estimate of drug-likeness (QED) is 0.591. The van der Waals surface area contributed by atoms with Crippen LogP contribution in [0, 0.1) is 5.92 Å². The lowest BCUT2D eigenvalue weighted by atomic mass is 9.79. The predicted octanol–water partition coefficient (Wildman–Crippen LogP) is 6.29. The van der Waals surface area contributed by atoms with Crippen LogP contribution in [0.25, 0.3) is 0 Å². The Hall–Kier alpha value is -0.673. The van der Waals surface area contributed by atoms with Gasteiger partial charge in [0.05, 0.1) is 12.3 Å². The lowest BCUT2D eigenvalue weighted by Gasteiger charge is -2.36. The topological polar surface area (TPSA) is 22.1 Å². The van der Waals surface area contributed by atoms with E-state index in [9.17, 15) is 0 Å². The van der Waals surface area contributed by atoms with Gasteiger partial charge in [-0.3, -0.25) is 4.98 Å². The fraction of sp³-hybridized carbons (Fsp3) is 0.750. The third-order valence-corrected chi connectivity index (χ3v) is 10.5. The van der Waals surface area contributed by atoms with Crippen LogP contribution in [0.4, 0.5) is 0 Å². The van der Waals surface area contributed by atoms with Gasteiger partial charge in [-0.25, -0.2) is 0 Å². The minimum absolute atomic E-state index is 0.253. The fourth-order valence-electron chi connectivity index (χ4n) is 3.14. The van der Waals surface area contributed by atoms with Gasteiger partial charge in [0, 0.05) is 11.6 Å². The first-order chi connectivity index (χ1) is 10.7. The van der Waals surface area contributed by atoms with Gasteiger partial charge in [-0.05, 0) is 61.9 Å². The number of nitrogens with zero attached hydrogens (tertiary/aromatic N) is 1. The molecule has 0 spiro atoms. The van der Waals surface area contributed by atoms with Crippen molar-refractivity contribution in [1.29, 1.82) is 0 Å². The zero-order chi connectivity index (χ0) is 17.1. The van der Waals surface area contributed by atoms with Crippen LogP contribution in [-0.2, 0) is 11.0 Å². The standard InChI is InChI=1S/C20H35NOSi/c1-7-16-11-13-17(14-12-16)19-10-8-9-18(21-19)15-22-23(5,6)20(2,3)4/h8-10,16-17H,7,11-15H2,1-6H3. The van der Waals surface area contributed by atoms with Gasteiger partial charge >= 0.3 is 0 Å². The Morgan fingerprint density at radius 3 is 2.35 bits per heavy atom. The number of hydrogen-bond acceptors (Lipinski definition) is 2. The van der Waals surface area contributed by atoms with Crippen LogP contribution >= 0.6 is 0 Å². The zero-order valence-electron chi connectivity index (χ0n) is 16.0. The highest BCUT2D eigenvalue weighted by Crippen LogP contribution is 2.38. The molecule has 1 saturated carbocycles. The van der Waals surface area contributed by atoms with Gasteiger partial charge < -0.3 is 4.43 Å². The van der Waals surface area contributed by atoms with Crippen LogP contribution in [0.5, 0.6) is 0 Å². The molecule has 23 heavy (non-hydrogen) atoms. The highest BCUT2D eigenvalue weighted by Gasteiger charge is 2.37. The minimum Gasteiger partial charge on any atom is -0.411 e. The maximum Gasteiger partial charge on any atom is 0.192 e. The summed E-state index contributed by atoms with van der Waals surface area (Å²) in [5.41, 5.74) is 2.39.